The van der Waals surface area contributed by atoms with Gasteiger partial charge in [0.25, 0.3) is 0 Å². The van der Waals surface area contributed by atoms with E-state index in [4.69, 9.17) is 0 Å². The zero-order valence-corrected chi connectivity index (χ0v) is 17.2. The summed E-state index contributed by atoms with van der Waals surface area (Å²) >= 11 is 2.74. The van der Waals surface area contributed by atoms with Crippen LogP contribution in [0.2, 0.25) is 0 Å². The number of benzene rings is 2. The Hall–Kier alpha value is -2.18. The van der Waals surface area contributed by atoms with Gasteiger partial charge in [0, 0.05) is 11.3 Å². The van der Waals surface area contributed by atoms with Crippen molar-refractivity contribution in [1.29, 1.82) is 0 Å². The van der Waals surface area contributed by atoms with Crippen LogP contribution in [0.5, 0.6) is 0 Å². The van der Waals surface area contributed by atoms with Gasteiger partial charge in [0.15, 0.2) is 10.2 Å². The van der Waals surface area contributed by atoms with Gasteiger partial charge in [-0.2, -0.15) is 4.37 Å². The summed E-state index contributed by atoms with van der Waals surface area (Å²) in [5.74, 6) is 1.00. The van der Waals surface area contributed by atoms with Crippen molar-refractivity contribution in [3.63, 3.8) is 0 Å². The monoisotopic (exact) mass is 397 g/mol. The van der Waals surface area contributed by atoms with Crippen LogP contribution in [-0.2, 0) is 11.2 Å². The molecule has 0 atom stereocenters. The first-order chi connectivity index (χ1) is 13.1. The first kappa shape index (κ1) is 19.6. The summed E-state index contributed by atoms with van der Waals surface area (Å²) in [4.78, 5) is 16.7. The van der Waals surface area contributed by atoms with Crippen LogP contribution in [0.15, 0.2) is 52.9 Å². The van der Waals surface area contributed by atoms with E-state index >= 15 is 0 Å². The zero-order valence-electron chi connectivity index (χ0n) is 15.6. The standard InChI is InChI=1S/C21H23N3OS2/c1-3-4-7-16-9-11-18(12-10-16)22-19(25)14-26-21-23-20(24-27-21)17-8-5-6-15(2)13-17/h5-6,8-13H,3-4,7,14H2,1-2H3,(H,22,25). The number of rotatable bonds is 8. The van der Waals surface area contributed by atoms with Gasteiger partial charge in [-0.25, -0.2) is 4.98 Å². The number of thioether (sulfide) groups is 1. The molecule has 1 heterocycles. The molecule has 27 heavy (non-hydrogen) atoms. The number of amides is 1. The van der Waals surface area contributed by atoms with E-state index in [1.807, 2.05) is 37.3 Å². The average Bonchev–Trinajstić information content (AvgIpc) is 3.15. The summed E-state index contributed by atoms with van der Waals surface area (Å²) in [6.07, 6.45) is 3.46. The molecule has 0 bridgehead atoms. The highest BCUT2D eigenvalue weighted by Gasteiger charge is 2.10. The third-order valence-corrected chi connectivity index (χ3v) is 5.90. The largest absolute Gasteiger partial charge is 0.325 e. The van der Waals surface area contributed by atoms with Gasteiger partial charge in [0.05, 0.1) is 5.75 Å². The lowest BCUT2D eigenvalue weighted by Gasteiger charge is -2.06. The number of carbonyl (C=O) groups excluding carboxylic acids is 1. The molecule has 0 unspecified atom stereocenters. The second-order valence-electron chi connectivity index (χ2n) is 6.39. The van der Waals surface area contributed by atoms with Crippen LogP contribution < -0.4 is 5.32 Å². The minimum absolute atomic E-state index is 0.0337. The van der Waals surface area contributed by atoms with Crippen molar-refractivity contribution in [2.75, 3.05) is 11.1 Å². The Morgan fingerprint density at radius 3 is 2.74 bits per heavy atom. The maximum atomic E-state index is 12.2. The van der Waals surface area contributed by atoms with Crippen LogP contribution in [0.1, 0.15) is 30.9 Å². The van der Waals surface area contributed by atoms with Gasteiger partial charge in [0.1, 0.15) is 0 Å². The Morgan fingerprint density at radius 1 is 1.19 bits per heavy atom. The molecule has 1 aromatic heterocycles. The summed E-state index contributed by atoms with van der Waals surface area (Å²) in [7, 11) is 0. The lowest BCUT2D eigenvalue weighted by molar-refractivity contribution is -0.113. The Morgan fingerprint density at radius 2 is 2.00 bits per heavy atom. The molecule has 140 valence electrons. The highest BCUT2D eigenvalue weighted by molar-refractivity contribution is 8.01. The quantitative estimate of drug-likeness (QED) is 0.504. The highest BCUT2D eigenvalue weighted by Crippen LogP contribution is 2.25. The van der Waals surface area contributed by atoms with Crippen LogP contribution in [0.3, 0.4) is 0 Å². The Bertz CT molecular complexity index is 890. The van der Waals surface area contributed by atoms with Crippen molar-refractivity contribution in [2.24, 2.45) is 0 Å². The van der Waals surface area contributed by atoms with Gasteiger partial charge in [0.2, 0.25) is 5.91 Å². The summed E-state index contributed by atoms with van der Waals surface area (Å²) in [6.45, 7) is 4.24. The van der Waals surface area contributed by atoms with E-state index < -0.39 is 0 Å². The number of aromatic nitrogens is 2. The second-order valence-corrected chi connectivity index (χ2v) is 8.37. The van der Waals surface area contributed by atoms with Crippen LogP contribution >= 0.6 is 23.3 Å². The summed E-state index contributed by atoms with van der Waals surface area (Å²) < 4.78 is 5.20. The third-order valence-electron chi connectivity index (χ3n) is 4.07. The predicted octanol–water partition coefficient (Wildman–Crippen LogP) is 5.59. The SMILES string of the molecule is CCCCc1ccc(NC(=O)CSc2nc(-c3cccc(C)c3)ns2)cc1. The molecule has 2 aromatic carbocycles. The Labute approximate surface area is 168 Å². The fourth-order valence-electron chi connectivity index (χ4n) is 2.63. The van der Waals surface area contributed by atoms with E-state index in [1.165, 1.54) is 47.3 Å². The molecule has 4 nitrogen and oxygen atoms in total. The van der Waals surface area contributed by atoms with E-state index in [0.717, 1.165) is 22.0 Å². The van der Waals surface area contributed by atoms with E-state index in [0.29, 0.717) is 11.6 Å². The molecule has 0 saturated carbocycles. The van der Waals surface area contributed by atoms with E-state index in [1.54, 1.807) is 0 Å². The molecule has 1 amide bonds. The highest BCUT2D eigenvalue weighted by atomic mass is 32.2. The van der Waals surface area contributed by atoms with E-state index in [2.05, 4.69) is 39.8 Å². The second kappa shape index (κ2) is 9.67. The molecular formula is C21H23N3OS2. The number of nitrogens with zero attached hydrogens (tertiary/aromatic N) is 2. The van der Waals surface area contributed by atoms with Crippen LogP contribution in [0, 0.1) is 6.92 Å². The molecule has 0 aliphatic carbocycles. The van der Waals surface area contributed by atoms with Crippen molar-refractivity contribution >= 4 is 34.9 Å². The molecule has 3 aromatic rings. The average molecular weight is 398 g/mol. The summed E-state index contributed by atoms with van der Waals surface area (Å²) in [5.41, 5.74) is 4.32. The third kappa shape index (κ3) is 5.91. The topological polar surface area (TPSA) is 54.9 Å². The molecule has 0 aliphatic rings. The molecule has 0 fully saturated rings. The van der Waals surface area contributed by atoms with Gasteiger partial charge < -0.3 is 5.32 Å². The summed E-state index contributed by atoms with van der Waals surface area (Å²) in [5, 5.41) is 2.94. The fraction of sp³-hybridized carbons (Fsp3) is 0.286. The Balaban J connectivity index is 1.51. The van der Waals surface area contributed by atoms with Gasteiger partial charge >= 0.3 is 0 Å². The minimum atomic E-state index is -0.0337. The van der Waals surface area contributed by atoms with Gasteiger partial charge in [-0.05, 0) is 55.1 Å². The number of carbonyl (C=O) groups is 1. The van der Waals surface area contributed by atoms with Gasteiger partial charge in [-0.1, -0.05) is 61.0 Å². The molecule has 1 N–H and O–H groups in total. The lowest BCUT2D eigenvalue weighted by atomic mass is 10.1. The van der Waals surface area contributed by atoms with Gasteiger partial charge in [-0.3, -0.25) is 4.79 Å². The Kier molecular flexibility index (Phi) is 7.01. The smallest absolute Gasteiger partial charge is 0.234 e. The number of hydrogen-bond donors (Lipinski definition) is 1. The van der Waals surface area contributed by atoms with Crippen LogP contribution in [-0.4, -0.2) is 21.0 Å². The zero-order chi connectivity index (χ0) is 19.1. The van der Waals surface area contributed by atoms with Crippen LogP contribution in [0.25, 0.3) is 11.4 Å². The summed E-state index contributed by atoms with van der Waals surface area (Å²) in [6, 6.07) is 16.2. The normalized spacial score (nSPS) is 10.7. The van der Waals surface area contributed by atoms with Gasteiger partial charge in [-0.15, -0.1) is 0 Å². The minimum Gasteiger partial charge on any atom is -0.325 e. The predicted molar refractivity (Wildman–Crippen MR) is 114 cm³/mol. The molecular weight excluding hydrogens is 374 g/mol. The van der Waals surface area contributed by atoms with Crippen molar-refractivity contribution < 1.29 is 4.79 Å². The van der Waals surface area contributed by atoms with Crippen molar-refractivity contribution in [1.82, 2.24) is 9.36 Å². The van der Waals surface area contributed by atoms with Crippen LogP contribution in [0.4, 0.5) is 5.69 Å². The number of nitrogens with one attached hydrogen (secondary N) is 1. The molecule has 0 radical (unpaired) electrons. The number of unbranched alkanes of at least 4 members (excludes halogenated alkanes) is 1. The number of hydrogen-bond acceptors (Lipinski definition) is 5. The molecule has 6 heteroatoms. The molecule has 0 aliphatic heterocycles. The van der Waals surface area contributed by atoms with E-state index in [9.17, 15) is 4.79 Å². The molecule has 0 saturated heterocycles. The lowest BCUT2D eigenvalue weighted by Crippen LogP contribution is -2.13. The molecule has 3 rings (SSSR count). The maximum absolute atomic E-state index is 12.2. The first-order valence-electron chi connectivity index (χ1n) is 9.06. The number of anilines is 1. The van der Waals surface area contributed by atoms with Crippen molar-refractivity contribution in [3.8, 4) is 11.4 Å². The number of aryl methyl sites for hydroxylation is 2. The van der Waals surface area contributed by atoms with Crippen molar-refractivity contribution in [3.05, 3.63) is 59.7 Å². The fourth-order valence-corrected chi connectivity index (χ4v) is 4.04. The van der Waals surface area contributed by atoms with E-state index in [-0.39, 0.29) is 5.91 Å². The molecule has 0 spiro atoms. The van der Waals surface area contributed by atoms with Crippen molar-refractivity contribution in [2.45, 2.75) is 37.4 Å². The first-order valence-corrected chi connectivity index (χ1v) is 10.8. The maximum Gasteiger partial charge on any atom is 0.234 e.